The minimum absolute atomic E-state index is 0.0487. The van der Waals surface area contributed by atoms with E-state index >= 15 is 0 Å². The van der Waals surface area contributed by atoms with E-state index in [1.165, 1.54) is 4.88 Å². The lowest BCUT2D eigenvalue weighted by atomic mass is 10.2. The molecule has 2 aromatic heterocycles. The summed E-state index contributed by atoms with van der Waals surface area (Å²) in [5.41, 5.74) is 0.730. The summed E-state index contributed by atoms with van der Waals surface area (Å²) in [6.07, 6.45) is 2.57. The molecule has 0 aliphatic carbocycles. The third kappa shape index (κ3) is 2.52. The molecular formula is C12H13NO2S. The molecule has 0 unspecified atom stereocenters. The Morgan fingerprint density at radius 1 is 1.56 bits per heavy atom. The average molecular weight is 235 g/mol. The van der Waals surface area contributed by atoms with Crippen LogP contribution >= 0.6 is 11.3 Å². The quantitative estimate of drug-likeness (QED) is 0.885. The first-order valence-corrected chi connectivity index (χ1v) is 6.05. The van der Waals surface area contributed by atoms with Crippen LogP contribution in [0.15, 0.2) is 34.3 Å². The van der Waals surface area contributed by atoms with Gasteiger partial charge in [-0.3, -0.25) is 4.79 Å². The van der Waals surface area contributed by atoms with E-state index in [1.54, 1.807) is 23.7 Å². The van der Waals surface area contributed by atoms with Crippen molar-refractivity contribution in [3.05, 3.63) is 46.0 Å². The summed E-state index contributed by atoms with van der Waals surface area (Å²) in [4.78, 5) is 12.9. The number of nitrogens with one attached hydrogen (secondary N) is 1. The fraction of sp³-hybridized carbons (Fsp3) is 0.250. The Morgan fingerprint density at radius 2 is 2.44 bits per heavy atom. The lowest BCUT2D eigenvalue weighted by Crippen LogP contribution is -2.21. The van der Waals surface area contributed by atoms with E-state index in [0.717, 1.165) is 17.7 Å². The van der Waals surface area contributed by atoms with Crippen LogP contribution < -0.4 is 5.32 Å². The number of thiophene rings is 1. The third-order valence-electron chi connectivity index (χ3n) is 2.27. The van der Waals surface area contributed by atoms with Gasteiger partial charge >= 0.3 is 0 Å². The van der Waals surface area contributed by atoms with Gasteiger partial charge in [0.05, 0.1) is 18.4 Å². The number of rotatable bonds is 4. The summed E-state index contributed by atoms with van der Waals surface area (Å²) in [7, 11) is 0. The van der Waals surface area contributed by atoms with Crippen molar-refractivity contribution in [1.29, 1.82) is 0 Å². The van der Waals surface area contributed by atoms with E-state index in [1.807, 2.05) is 17.5 Å². The largest absolute Gasteiger partial charge is 0.467 e. The molecule has 0 atom stereocenters. The van der Waals surface area contributed by atoms with Crippen LogP contribution in [-0.4, -0.2) is 5.91 Å². The molecule has 0 saturated carbocycles. The normalized spacial score (nSPS) is 10.3. The summed E-state index contributed by atoms with van der Waals surface area (Å²) in [6, 6.07) is 5.58. The number of furan rings is 1. The first kappa shape index (κ1) is 11.0. The Balaban J connectivity index is 1.93. The summed E-state index contributed by atoms with van der Waals surface area (Å²) in [5.74, 6) is 0.714. The van der Waals surface area contributed by atoms with Crippen molar-refractivity contribution in [1.82, 2.24) is 5.32 Å². The van der Waals surface area contributed by atoms with Gasteiger partial charge in [-0.15, -0.1) is 11.3 Å². The summed E-state index contributed by atoms with van der Waals surface area (Å²) in [6.45, 7) is 2.51. The molecule has 4 heteroatoms. The average Bonchev–Trinajstić information content (AvgIpc) is 2.96. The lowest BCUT2D eigenvalue weighted by molar-refractivity contribution is 0.0948. The minimum Gasteiger partial charge on any atom is -0.467 e. The van der Waals surface area contributed by atoms with E-state index in [9.17, 15) is 4.79 Å². The van der Waals surface area contributed by atoms with Crippen LogP contribution in [0.25, 0.3) is 0 Å². The van der Waals surface area contributed by atoms with Crippen molar-refractivity contribution < 1.29 is 9.21 Å². The second-order valence-electron chi connectivity index (χ2n) is 3.42. The highest BCUT2D eigenvalue weighted by atomic mass is 32.1. The molecule has 0 spiro atoms. The summed E-state index contributed by atoms with van der Waals surface area (Å²) >= 11 is 1.62. The Labute approximate surface area is 98.1 Å². The van der Waals surface area contributed by atoms with Crippen molar-refractivity contribution in [2.75, 3.05) is 0 Å². The third-order valence-corrected chi connectivity index (χ3v) is 3.35. The highest BCUT2D eigenvalue weighted by Crippen LogP contribution is 2.15. The van der Waals surface area contributed by atoms with Gasteiger partial charge in [0.1, 0.15) is 5.76 Å². The van der Waals surface area contributed by atoms with Gasteiger partial charge in [-0.2, -0.15) is 0 Å². The van der Waals surface area contributed by atoms with Crippen LogP contribution in [0.4, 0.5) is 0 Å². The molecule has 2 heterocycles. The molecule has 16 heavy (non-hydrogen) atoms. The molecule has 0 aliphatic rings. The molecule has 1 amide bonds. The van der Waals surface area contributed by atoms with Crippen molar-refractivity contribution in [3.63, 3.8) is 0 Å². The predicted octanol–water partition coefficient (Wildman–Crippen LogP) is 2.83. The van der Waals surface area contributed by atoms with E-state index in [4.69, 9.17) is 4.42 Å². The Hall–Kier alpha value is -1.55. The maximum absolute atomic E-state index is 11.7. The van der Waals surface area contributed by atoms with Gasteiger partial charge in [-0.1, -0.05) is 6.92 Å². The van der Waals surface area contributed by atoms with Gasteiger partial charge in [0, 0.05) is 10.3 Å². The molecule has 0 bridgehead atoms. The zero-order valence-corrected chi connectivity index (χ0v) is 9.84. The van der Waals surface area contributed by atoms with Gasteiger partial charge < -0.3 is 9.73 Å². The molecule has 0 fully saturated rings. The Morgan fingerprint density at radius 3 is 3.06 bits per heavy atom. The zero-order valence-electron chi connectivity index (χ0n) is 9.03. The number of hydrogen-bond acceptors (Lipinski definition) is 3. The molecule has 2 rings (SSSR count). The number of carbonyl (C=O) groups excluding carboxylic acids is 1. The Bertz CT molecular complexity index is 459. The van der Waals surface area contributed by atoms with Crippen molar-refractivity contribution in [2.45, 2.75) is 19.9 Å². The number of aryl methyl sites for hydroxylation is 1. The van der Waals surface area contributed by atoms with Crippen LogP contribution in [0.5, 0.6) is 0 Å². The predicted molar refractivity (Wildman–Crippen MR) is 63.6 cm³/mol. The topological polar surface area (TPSA) is 42.2 Å². The first-order valence-electron chi connectivity index (χ1n) is 5.17. The zero-order chi connectivity index (χ0) is 11.4. The summed E-state index contributed by atoms with van der Waals surface area (Å²) < 4.78 is 5.13. The standard InChI is InChI=1S/C12H13NO2S/c1-2-11-6-9(8-16-11)12(14)13-7-10-4-3-5-15-10/h3-6,8H,2,7H2,1H3,(H,13,14). The van der Waals surface area contributed by atoms with E-state index in [0.29, 0.717) is 6.54 Å². The monoisotopic (exact) mass is 235 g/mol. The lowest BCUT2D eigenvalue weighted by Gasteiger charge is -2.00. The van der Waals surface area contributed by atoms with Crippen molar-refractivity contribution in [2.24, 2.45) is 0 Å². The van der Waals surface area contributed by atoms with Crippen LogP contribution in [0.3, 0.4) is 0 Å². The van der Waals surface area contributed by atoms with Crippen LogP contribution in [-0.2, 0) is 13.0 Å². The van der Waals surface area contributed by atoms with Gasteiger partial charge in [-0.05, 0) is 24.6 Å². The van der Waals surface area contributed by atoms with Crippen LogP contribution in [0, 0.1) is 0 Å². The Kier molecular flexibility index (Phi) is 3.41. The van der Waals surface area contributed by atoms with Crippen LogP contribution in [0.2, 0.25) is 0 Å². The van der Waals surface area contributed by atoms with Crippen LogP contribution in [0.1, 0.15) is 27.9 Å². The molecule has 1 N–H and O–H groups in total. The summed E-state index contributed by atoms with van der Waals surface area (Å²) in [5, 5.41) is 4.70. The van der Waals surface area contributed by atoms with Gasteiger partial charge in [-0.25, -0.2) is 0 Å². The SMILES string of the molecule is CCc1cc(C(=O)NCc2ccco2)cs1. The molecule has 3 nitrogen and oxygen atoms in total. The molecule has 2 aromatic rings. The fourth-order valence-electron chi connectivity index (χ4n) is 1.37. The highest BCUT2D eigenvalue weighted by Gasteiger charge is 2.08. The minimum atomic E-state index is -0.0487. The van der Waals surface area contributed by atoms with Gasteiger partial charge in [0.25, 0.3) is 5.91 Å². The number of amides is 1. The van der Waals surface area contributed by atoms with Crippen molar-refractivity contribution >= 4 is 17.2 Å². The number of carbonyl (C=O) groups is 1. The smallest absolute Gasteiger partial charge is 0.252 e. The van der Waals surface area contributed by atoms with E-state index in [2.05, 4.69) is 12.2 Å². The maximum atomic E-state index is 11.7. The van der Waals surface area contributed by atoms with E-state index in [-0.39, 0.29) is 5.91 Å². The maximum Gasteiger partial charge on any atom is 0.252 e. The second kappa shape index (κ2) is 4.99. The molecular weight excluding hydrogens is 222 g/mol. The molecule has 0 radical (unpaired) electrons. The van der Waals surface area contributed by atoms with Gasteiger partial charge in [0.15, 0.2) is 0 Å². The van der Waals surface area contributed by atoms with E-state index < -0.39 is 0 Å². The first-order chi connectivity index (χ1) is 7.79. The molecule has 0 aromatic carbocycles. The van der Waals surface area contributed by atoms with Crippen molar-refractivity contribution in [3.8, 4) is 0 Å². The fourth-order valence-corrected chi connectivity index (χ4v) is 2.18. The molecule has 0 saturated heterocycles. The highest BCUT2D eigenvalue weighted by molar-refractivity contribution is 7.10. The van der Waals surface area contributed by atoms with Gasteiger partial charge in [0.2, 0.25) is 0 Å². The number of hydrogen-bond donors (Lipinski definition) is 1. The molecule has 84 valence electrons. The second-order valence-corrected chi connectivity index (χ2v) is 4.41. The molecule has 0 aliphatic heterocycles.